The normalized spacial score (nSPS) is 13.8. The van der Waals surface area contributed by atoms with E-state index in [0.717, 1.165) is 10.7 Å². The first-order chi connectivity index (χ1) is 10.9. The largest absolute Gasteiger partial charge is 0.349 e. The van der Waals surface area contributed by atoms with Crippen LogP contribution in [0.4, 0.5) is 4.39 Å². The van der Waals surface area contributed by atoms with Crippen LogP contribution in [0.3, 0.4) is 0 Å². The van der Waals surface area contributed by atoms with Gasteiger partial charge in [0, 0.05) is 6.04 Å². The first kappa shape index (κ1) is 17.5. The summed E-state index contributed by atoms with van der Waals surface area (Å²) in [7, 11) is 0. The lowest BCUT2D eigenvalue weighted by molar-refractivity contribution is -0.120. The highest BCUT2D eigenvalue weighted by Gasteiger charge is 2.20. The van der Waals surface area contributed by atoms with Crippen molar-refractivity contribution in [3.8, 4) is 0 Å². The number of rotatable bonds is 6. The minimum atomic E-state index is -0.306. The molecule has 1 amide bonds. The van der Waals surface area contributed by atoms with Gasteiger partial charge in [-0.05, 0) is 45.4 Å². The number of nitrogens with zero attached hydrogens (tertiary/aromatic N) is 3. The van der Waals surface area contributed by atoms with Crippen molar-refractivity contribution in [2.75, 3.05) is 0 Å². The van der Waals surface area contributed by atoms with Crippen molar-refractivity contribution in [1.29, 1.82) is 0 Å². The smallest absolute Gasteiger partial charge is 0.233 e. The number of benzene rings is 1. The summed E-state index contributed by atoms with van der Waals surface area (Å²) in [6, 6.07) is 6.18. The predicted octanol–water partition coefficient (Wildman–Crippen LogP) is 3.36. The highest BCUT2D eigenvalue weighted by molar-refractivity contribution is 8.00. The zero-order chi connectivity index (χ0) is 17.0. The van der Waals surface area contributed by atoms with E-state index in [0.29, 0.717) is 0 Å². The standard InChI is InChI=1S/C16H21FN4OS/c1-10(2)21-9-18-20-16(21)23-12(4)15(22)19-11(3)13-5-7-14(17)8-6-13/h5-12H,1-4H3,(H,19,22)/t11-,12+/m0/s1. The molecule has 1 N–H and O–H groups in total. The lowest BCUT2D eigenvalue weighted by Gasteiger charge is -2.18. The third-order valence-corrected chi connectivity index (χ3v) is 4.55. The zero-order valence-electron chi connectivity index (χ0n) is 13.7. The van der Waals surface area contributed by atoms with E-state index in [1.54, 1.807) is 18.5 Å². The van der Waals surface area contributed by atoms with Gasteiger partial charge < -0.3 is 9.88 Å². The summed E-state index contributed by atoms with van der Waals surface area (Å²) in [6.07, 6.45) is 1.67. The molecule has 0 saturated carbocycles. The summed E-state index contributed by atoms with van der Waals surface area (Å²) in [6.45, 7) is 7.78. The van der Waals surface area contributed by atoms with Gasteiger partial charge in [0.05, 0.1) is 11.3 Å². The van der Waals surface area contributed by atoms with Gasteiger partial charge in [-0.25, -0.2) is 4.39 Å². The average molecular weight is 336 g/mol. The molecule has 0 saturated heterocycles. The van der Waals surface area contributed by atoms with E-state index in [4.69, 9.17) is 0 Å². The van der Waals surface area contributed by atoms with Crippen molar-refractivity contribution >= 4 is 17.7 Å². The van der Waals surface area contributed by atoms with Gasteiger partial charge in [-0.1, -0.05) is 23.9 Å². The van der Waals surface area contributed by atoms with E-state index < -0.39 is 0 Å². The third-order valence-electron chi connectivity index (χ3n) is 3.48. The van der Waals surface area contributed by atoms with E-state index >= 15 is 0 Å². The summed E-state index contributed by atoms with van der Waals surface area (Å²) >= 11 is 1.37. The monoisotopic (exact) mass is 336 g/mol. The molecule has 2 aromatic rings. The number of aromatic nitrogens is 3. The Morgan fingerprint density at radius 3 is 2.48 bits per heavy atom. The summed E-state index contributed by atoms with van der Waals surface area (Å²) in [5.41, 5.74) is 0.863. The van der Waals surface area contributed by atoms with Crippen molar-refractivity contribution < 1.29 is 9.18 Å². The van der Waals surface area contributed by atoms with Crippen LogP contribution in [0.1, 0.15) is 45.3 Å². The second-order valence-corrected chi connectivity index (χ2v) is 6.96. The molecule has 0 spiro atoms. The van der Waals surface area contributed by atoms with Gasteiger partial charge in [0.2, 0.25) is 5.91 Å². The highest BCUT2D eigenvalue weighted by Crippen LogP contribution is 2.24. The molecule has 0 aliphatic carbocycles. The topological polar surface area (TPSA) is 59.8 Å². The molecule has 0 fully saturated rings. The van der Waals surface area contributed by atoms with Crippen LogP contribution < -0.4 is 5.32 Å². The Labute approximate surface area is 139 Å². The molecular formula is C16H21FN4OS. The minimum Gasteiger partial charge on any atom is -0.349 e. The third kappa shape index (κ3) is 4.54. The number of thioether (sulfide) groups is 1. The van der Waals surface area contributed by atoms with Crippen LogP contribution in [-0.4, -0.2) is 25.9 Å². The van der Waals surface area contributed by atoms with Gasteiger partial charge in [0.15, 0.2) is 5.16 Å². The molecule has 0 aliphatic rings. The van der Waals surface area contributed by atoms with Crippen LogP contribution in [0.5, 0.6) is 0 Å². The Kier molecular flexibility index (Phi) is 5.76. The van der Waals surface area contributed by atoms with Crippen molar-refractivity contribution in [3.05, 3.63) is 42.0 Å². The fourth-order valence-corrected chi connectivity index (χ4v) is 3.01. The van der Waals surface area contributed by atoms with Crippen molar-refractivity contribution in [3.63, 3.8) is 0 Å². The maximum Gasteiger partial charge on any atom is 0.233 e. The number of halogens is 1. The Morgan fingerprint density at radius 2 is 1.87 bits per heavy atom. The molecule has 1 aromatic carbocycles. The van der Waals surface area contributed by atoms with Gasteiger partial charge in [-0.15, -0.1) is 10.2 Å². The molecule has 0 aliphatic heterocycles. The molecule has 0 unspecified atom stereocenters. The first-order valence-corrected chi connectivity index (χ1v) is 8.38. The summed E-state index contributed by atoms with van der Waals surface area (Å²) in [4.78, 5) is 12.3. The Balaban J connectivity index is 1.97. The fourth-order valence-electron chi connectivity index (χ4n) is 2.05. The second kappa shape index (κ2) is 7.59. The van der Waals surface area contributed by atoms with Gasteiger partial charge in [-0.3, -0.25) is 4.79 Å². The van der Waals surface area contributed by atoms with E-state index in [1.807, 2.05) is 32.3 Å². The fraction of sp³-hybridized carbons (Fsp3) is 0.438. The van der Waals surface area contributed by atoms with Crippen molar-refractivity contribution in [2.24, 2.45) is 0 Å². The van der Waals surface area contributed by atoms with Gasteiger partial charge >= 0.3 is 0 Å². The average Bonchev–Trinajstić information content (AvgIpc) is 2.96. The Bertz CT molecular complexity index is 656. The van der Waals surface area contributed by atoms with Gasteiger partial charge in [0.25, 0.3) is 0 Å². The first-order valence-electron chi connectivity index (χ1n) is 7.50. The molecular weight excluding hydrogens is 315 g/mol. The van der Waals surface area contributed by atoms with Crippen LogP contribution in [0, 0.1) is 5.82 Å². The molecule has 2 rings (SSSR count). The summed E-state index contributed by atoms with van der Waals surface area (Å²) in [5.74, 6) is -0.380. The molecule has 7 heteroatoms. The lowest BCUT2D eigenvalue weighted by Crippen LogP contribution is -2.33. The van der Waals surface area contributed by atoms with Crippen molar-refractivity contribution in [2.45, 2.75) is 50.2 Å². The number of hydrogen-bond donors (Lipinski definition) is 1. The highest BCUT2D eigenvalue weighted by atomic mass is 32.2. The molecule has 1 heterocycles. The van der Waals surface area contributed by atoms with Gasteiger partial charge in [-0.2, -0.15) is 0 Å². The maximum atomic E-state index is 12.9. The van der Waals surface area contributed by atoms with E-state index in [1.165, 1.54) is 23.9 Å². The SMILES string of the molecule is CC(C)n1cnnc1S[C@H](C)C(=O)N[C@@H](C)c1ccc(F)cc1. The zero-order valence-corrected chi connectivity index (χ0v) is 14.5. The molecule has 0 radical (unpaired) electrons. The Hall–Kier alpha value is -1.89. The number of nitrogens with one attached hydrogen (secondary N) is 1. The molecule has 2 atom stereocenters. The molecule has 1 aromatic heterocycles. The molecule has 23 heavy (non-hydrogen) atoms. The quantitative estimate of drug-likeness (QED) is 0.822. The van der Waals surface area contributed by atoms with Crippen LogP contribution in [0.15, 0.2) is 35.7 Å². The van der Waals surface area contributed by atoms with Crippen LogP contribution >= 0.6 is 11.8 Å². The van der Waals surface area contributed by atoms with E-state index in [-0.39, 0.29) is 29.1 Å². The predicted molar refractivity (Wildman–Crippen MR) is 88.7 cm³/mol. The second-order valence-electron chi connectivity index (χ2n) is 5.66. The van der Waals surface area contributed by atoms with E-state index in [2.05, 4.69) is 15.5 Å². The number of amides is 1. The lowest BCUT2D eigenvalue weighted by atomic mass is 10.1. The van der Waals surface area contributed by atoms with Gasteiger partial charge in [0.1, 0.15) is 12.1 Å². The van der Waals surface area contributed by atoms with Crippen LogP contribution in [0.25, 0.3) is 0 Å². The number of hydrogen-bond acceptors (Lipinski definition) is 4. The van der Waals surface area contributed by atoms with Crippen LogP contribution in [-0.2, 0) is 4.79 Å². The van der Waals surface area contributed by atoms with Crippen molar-refractivity contribution in [1.82, 2.24) is 20.1 Å². The molecule has 5 nitrogen and oxygen atoms in total. The van der Waals surface area contributed by atoms with Crippen LogP contribution in [0.2, 0.25) is 0 Å². The molecule has 0 bridgehead atoms. The summed E-state index contributed by atoms with van der Waals surface area (Å²) in [5, 5.41) is 11.3. The number of carbonyl (C=O) groups excluding carboxylic acids is 1. The minimum absolute atomic E-state index is 0.0925. The summed E-state index contributed by atoms with van der Waals surface area (Å²) < 4.78 is 14.9. The molecule has 124 valence electrons. The maximum absolute atomic E-state index is 12.9. The van der Waals surface area contributed by atoms with E-state index in [9.17, 15) is 9.18 Å². The Morgan fingerprint density at radius 1 is 1.22 bits per heavy atom. The number of carbonyl (C=O) groups is 1.